The van der Waals surface area contributed by atoms with Gasteiger partial charge in [0.05, 0.1) is 0 Å². The summed E-state index contributed by atoms with van der Waals surface area (Å²) in [4.78, 5) is 6.36. The van der Waals surface area contributed by atoms with Crippen molar-refractivity contribution in [2.24, 2.45) is 0 Å². The van der Waals surface area contributed by atoms with Crippen molar-refractivity contribution in [2.75, 3.05) is 20.6 Å². The highest BCUT2D eigenvalue weighted by molar-refractivity contribution is 5.87. The zero-order valence-electron chi connectivity index (χ0n) is 12.1. The maximum atomic E-state index is 13.4. The molecule has 1 aliphatic carbocycles. The molecular weight excluding hydrogens is 287 g/mol. The molecule has 0 aliphatic heterocycles. The van der Waals surface area contributed by atoms with Crippen LogP contribution in [0.25, 0.3) is 5.57 Å². The van der Waals surface area contributed by atoms with E-state index in [0.717, 1.165) is 29.7 Å². The Morgan fingerprint density at radius 1 is 1.24 bits per heavy atom. The van der Waals surface area contributed by atoms with E-state index in [0.29, 0.717) is 0 Å². The lowest BCUT2D eigenvalue weighted by atomic mass is 9.99. The molecule has 0 amide bonds. The first-order chi connectivity index (χ1) is 9.65. The van der Waals surface area contributed by atoms with E-state index in [4.69, 9.17) is 0 Å². The van der Waals surface area contributed by atoms with Crippen molar-refractivity contribution in [3.63, 3.8) is 0 Å². The van der Waals surface area contributed by atoms with Crippen LogP contribution in [-0.2, 0) is 6.42 Å². The summed E-state index contributed by atoms with van der Waals surface area (Å²) in [6, 6.07) is 9.07. The van der Waals surface area contributed by atoms with E-state index in [1.165, 1.54) is 17.2 Å². The third-order valence-corrected chi connectivity index (χ3v) is 3.55. The van der Waals surface area contributed by atoms with Crippen molar-refractivity contribution in [1.82, 2.24) is 9.88 Å². The summed E-state index contributed by atoms with van der Waals surface area (Å²) in [6.07, 6.45) is 4.47. The average molecular weight is 305 g/mol. The number of pyridine rings is 1. The molecule has 0 saturated carbocycles. The van der Waals surface area contributed by atoms with Crippen LogP contribution in [0.2, 0.25) is 0 Å². The summed E-state index contributed by atoms with van der Waals surface area (Å²) in [7, 11) is 4.11. The van der Waals surface area contributed by atoms with Gasteiger partial charge >= 0.3 is 0 Å². The van der Waals surface area contributed by atoms with Crippen LogP contribution in [0.1, 0.15) is 16.7 Å². The summed E-state index contributed by atoms with van der Waals surface area (Å²) in [5, 5.41) is 0. The third-order valence-electron chi connectivity index (χ3n) is 3.55. The fourth-order valence-electron chi connectivity index (χ4n) is 2.85. The second kappa shape index (κ2) is 6.37. The number of aromatic nitrogens is 1. The van der Waals surface area contributed by atoms with Crippen LogP contribution < -0.4 is 0 Å². The van der Waals surface area contributed by atoms with Gasteiger partial charge in [0.2, 0.25) is 0 Å². The lowest BCUT2D eigenvalue weighted by molar-refractivity contribution is 0.443. The summed E-state index contributed by atoms with van der Waals surface area (Å²) < 4.78 is 13.4. The van der Waals surface area contributed by atoms with Crippen LogP contribution in [-0.4, -0.2) is 30.5 Å². The molecule has 2 nitrogen and oxygen atoms in total. The van der Waals surface area contributed by atoms with Gasteiger partial charge in [-0.05, 0) is 61.0 Å². The number of benzene rings is 1. The van der Waals surface area contributed by atoms with Gasteiger partial charge < -0.3 is 4.90 Å². The number of rotatable bonds is 3. The van der Waals surface area contributed by atoms with Gasteiger partial charge in [0.25, 0.3) is 0 Å². The van der Waals surface area contributed by atoms with E-state index in [1.54, 1.807) is 12.3 Å². The van der Waals surface area contributed by atoms with Crippen LogP contribution in [0.5, 0.6) is 0 Å². The number of nitrogens with zero attached hydrogens (tertiary/aromatic N) is 2. The molecule has 1 aliphatic rings. The smallest absolute Gasteiger partial charge is 0.123 e. The van der Waals surface area contributed by atoms with Crippen LogP contribution in [0.4, 0.5) is 4.39 Å². The number of hydrogen-bond acceptors (Lipinski definition) is 2. The van der Waals surface area contributed by atoms with Crippen LogP contribution in [0.15, 0.2) is 48.3 Å². The molecule has 2 aromatic rings. The van der Waals surface area contributed by atoms with Crippen molar-refractivity contribution in [3.05, 3.63) is 70.8 Å². The lowest BCUT2D eigenvalue weighted by Crippen LogP contribution is -2.15. The first-order valence-corrected chi connectivity index (χ1v) is 6.71. The molecule has 0 spiro atoms. The van der Waals surface area contributed by atoms with E-state index < -0.39 is 0 Å². The average Bonchev–Trinajstić information content (AvgIpc) is 2.75. The second-order valence-electron chi connectivity index (χ2n) is 5.44. The van der Waals surface area contributed by atoms with Gasteiger partial charge in [-0.3, -0.25) is 4.98 Å². The third kappa shape index (κ3) is 3.14. The van der Waals surface area contributed by atoms with Gasteiger partial charge in [0.1, 0.15) is 5.82 Å². The number of halogens is 2. The zero-order chi connectivity index (χ0) is 14.1. The minimum Gasteiger partial charge on any atom is -0.305 e. The highest BCUT2D eigenvalue weighted by atomic mass is 35.5. The molecule has 0 atom stereocenters. The number of fused-ring (bicyclic) bond motifs is 1. The normalized spacial score (nSPS) is 13.3. The Balaban J connectivity index is 0.00000161. The molecule has 1 aromatic carbocycles. The highest BCUT2D eigenvalue weighted by Crippen LogP contribution is 2.37. The van der Waals surface area contributed by atoms with Gasteiger partial charge in [-0.1, -0.05) is 12.1 Å². The Bertz CT molecular complexity index is 666. The van der Waals surface area contributed by atoms with Crippen molar-refractivity contribution in [1.29, 1.82) is 0 Å². The maximum absolute atomic E-state index is 13.4. The summed E-state index contributed by atoms with van der Waals surface area (Å²) in [6.45, 7) is 0.876. The van der Waals surface area contributed by atoms with Gasteiger partial charge in [0.15, 0.2) is 0 Å². The van der Waals surface area contributed by atoms with Crippen LogP contribution >= 0.6 is 12.4 Å². The minimum atomic E-state index is -0.166. The standard InChI is InChI=1S/C17H17FN2.ClH/c1-20(2)11-14-8-13-9-15(18)5-6-16(13)17(14)12-4-3-7-19-10-12;/h3-7,9-10H,8,11H2,1-2H3;1H. The maximum Gasteiger partial charge on any atom is 0.123 e. The van der Waals surface area contributed by atoms with Gasteiger partial charge in [-0.25, -0.2) is 4.39 Å². The Morgan fingerprint density at radius 3 is 2.71 bits per heavy atom. The quantitative estimate of drug-likeness (QED) is 0.862. The highest BCUT2D eigenvalue weighted by Gasteiger charge is 2.23. The molecule has 21 heavy (non-hydrogen) atoms. The molecule has 0 unspecified atom stereocenters. The van der Waals surface area contributed by atoms with Crippen molar-refractivity contribution < 1.29 is 4.39 Å². The predicted octanol–water partition coefficient (Wildman–Crippen LogP) is 3.56. The Hall–Kier alpha value is -1.71. The fourth-order valence-corrected chi connectivity index (χ4v) is 2.85. The molecule has 0 N–H and O–H groups in total. The van der Waals surface area contributed by atoms with E-state index in [-0.39, 0.29) is 18.2 Å². The molecule has 0 fully saturated rings. The predicted molar refractivity (Wildman–Crippen MR) is 86.2 cm³/mol. The van der Waals surface area contributed by atoms with Crippen molar-refractivity contribution in [2.45, 2.75) is 6.42 Å². The van der Waals surface area contributed by atoms with E-state index in [2.05, 4.69) is 30.0 Å². The molecule has 0 radical (unpaired) electrons. The summed E-state index contributed by atoms with van der Waals surface area (Å²) >= 11 is 0. The minimum absolute atomic E-state index is 0. The van der Waals surface area contributed by atoms with Crippen LogP contribution in [0.3, 0.4) is 0 Å². The monoisotopic (exact) mass is 304 g/mol. The molecule has 1 aromatic heterocycles. The largest absolute Gasteiger partial charge is 0.305 e. The molecule has 0 bridgehead atoms. The second-order valence-corrected chi connectivity index (χ2v) is 5.44. The van der Waals surface area contributed by atoms with E-state index in [1.807, 2.05) is 18.3 Å². The SMILES string of the molecule is CN(C)CC1=C(c2cccnc2)c2ccc(F)cc2C1.Cl. The first kappa shape index (κ1) is 15.7. The first-order valence-electron chi connectivity index (χ1n) is 6.71. The molecule has 110 valence electrons. The molecule has 4 heteroatoms. The number of hydrogen-bond donors (Lipinski definition) is 0. The Kier molecular flexibility index (Phi) is 4.76. The topological polar surface area (TPSA) is 16.1 Å². The summed E-state index contributed by atoms with van der Waals surface area (Å²) in [5.74, 6) is -0.166. The Morgan fingerprint density at radius 2 is 2.05 bits per heavy atom. The van der Waals surface area contributed by atoms with Gasteiger partial charge in [-0.2, -0.15) is 0 Å². The molecule has 3 rings (SSSR count). The van der Waals surface area contributed by atoms with Crippen LogP contribution in [0, 0.1) is 5.82 Å². The van der Waals surface area contributed by atoms with Gasteiger partial charge in [0, 0.05) is 24.5 Å². The molecule has 1 heterocycles. The molecular formula is C17H18ClFN2. The van der Waals surface area contributed by atoms with Crippen molar-refractivity contribution >= 4 is 18.0 Å². The van der Waals surface area contributed by atoms with Gasteiger partial charge in [-0.15, -0.1) is 12.4 Å². The lowest BCUT2D eigenvalue weighted by Gasteiger charge is -2.13. The summed E-state index contributed by atoms with van der Waals surface area (Å²) in [5.41, 5.74) is 5.84. The zero-order valence-corrected chi connectivity index (χ0v) is 13.0. The number of likely N-dealkylation sites (N-methyl/N-ethyl adjacent to an activating group) is 1. The van der Waals surface area contributed by atoms with E-state index in [9.17, 15) is 4.39 Å². The fraction of sp³-hybridized carbons (Fsp3) is 0.235. The van der Waals surface area contributed by atoms with Crippen molar-refractivity contribution in [3.8, 4) is 0 Å². The van der Waals surface area contributed by atoms with E-state index >= 15 is 0 Å². The molecule has 0 saturated heterocycles. The Labute approximate surface area is 130 Å².